The molecule has 0 heterocycles. The van der Waals surface area contributed by atoms with Crippen LogP contribution in [0.1, 0.15) is 26.7 Å². The summed E-state index contributed by atoms with van der Waals surface area (Å²) in [4.78, 5) is 4.04. The summed E-state index contributed by atoms with van der Waals surface area (Å²) in [5.41, 5.74) is 0. The zero-order chi connectivity index (χ0) is 5.54. The summed E-state index contributed by atoms with van der Waals surface area (Å²) < 4.78 is 0. The maximum atomic E-state index is 4.04. The molecule has 0 aromatic rings. The third-order valence-corrected chi connectivity index (χ3v) is 0.729. The molecule has 0 aliphatic heterocycles. The zero-order valence-corrected chi connectivity index (χ0v) is 5.15. The number of hydrogen-bond donors (Lipinski definition) is 0. The van der Waals surface area contributed by atoms with Crippen molar-refractivity contribution in [2.75, 3.05) is 6.54 Å². The molecule has 1 nitrogen and oxygen atoms in total. The lowest BCUT2D eigenvalue weighted by atomic mass is 10.4. The molecular formula is C6H13N. The lowest BCUT2D eigenvalue weighted by Gasteiger charge is -1.80. The number of rotatable bonds is 3. The van der Waals surface area contributed by atoms with E-state index in [1.54, 1.807) is 0 Å². The molecule has 0 rings (SSSR count). The second-order valence-electron chi connectivity index (χ2n) is 1.47. The molecule has 0 fully saturated rings. The van der Waals surface area contributed by atoms with Crippen molar-refractivity contribution >= 4 is 6.21 Å². The Balaban J connectivity index is 2.78. The molecule has 0 unspecified atom stereocenters. The molecule has 7 heavy (non-hydrogen) atoms. The van der Waals surface area contributed by atoms with Gasteiger partial charge in [0, 0.05) is 6.54 Å². The molecule has 0 saturated heterocycles. The van der Waals surface area contributed by atoms with E-state index in [0.29, 0.717) is 0 Å². The highest BCUT2D eigenvalue weighted by molar-refractivity contribution is 5.56. The monoisotopic (exact) mass is 99.1 g/mol. The van der Waals surface area contributed by atoms with Gasteiger partial charge in [0.15, 0.2) is 0 Å². The van der Waals surface area contributed by atoms with Crippen LogP contribution in [-0.2, 0) is 0 Å². The van der Waals surface area contributed by atoms with Crippen LogP contribution in [0.2, 0.25) is 0 Å². The standard InChI is InChI=1S/C6H13N/c1-3-5-6-7-4-2/h6H,3-5H2,1-2H3/b7-6-. The first-order chi connectivity index (χ1) is 3.41. The maximum Gasteiger partial charge on any atom is 0.0357 e. The van der Waals surface area contributed by atoms with Crippen molar-refractivity contribution in [3.8, 4) is 0 Å². The molecule has 0 amide bonds. The van der Waals surface area contributed by atoms with E-state index < -0.39 is 0 Å². The van der Waals surface area contributed by atoms with Crippen molar-refractivity contribution in [3.05, 3.63) is 0 Å². The quantitative estimate of drug-likeness (QED) is 0.479. The van der Waals surface area contributed by atoms with Crippen LogP contribution in [0.25, 0.3) is 0 Å². The van der Waals surface area contributed by atoms with Gasteiger partial charge in [0.25, 0.3) is 0 Å². The van der Waals surface area contributed by atoms with Gasteiger partial charge in [-0.05, 0) is 19.6 Å². The van der Waals surface area contributed by atoms with Crippen LogP contribution in [0, 0.1) is 0 Å². The third-order valence-electron chi connectivity index (χ3n) is 0.729. The fourth-order valence-corrected chi connectivity index (χ4v) is 0.349. The molecule has 0 aromatic heterocycles. The van der Waals surface area contributed by atoms with Gasteiger partial charge in [-0.15, -0.1) is 0 Å². The van der Waals surface area contributed by atoms with Crippen LogP contribution < -0.4 is 0 Å². The van der Waals surface area contributed by atoms with Gasteiger partial charge in [-0.1, -0.05) is 13.3 Å². The average Bonchev–Trinajstić information content (AvgIpc) is 1.69. The second kappa shape index (κ2) is 5.67. The normalized spacial score (nSPS) is 10.6. The Morgan fingerprint density at radius 2 is 2.14 bits per heavy atom. The van der Waals surface area contributed by atoms with Gasteiger partial charge < -0.3 is 0 Å². The molecule has 0 aromatic carbocycles. The van der Waals surface area contributed by atoms with Crippen molar-refractivity contribution in [2.24, 2.45) is 4.99 Å². The molecule has 0 saturated carbocycles. The van der Waals surface area contributed by atoms with Crippen LogP contribution in [-0.4, -0.2) is 12.8 Å². The van der Waals surface area contributed by atoms with Gasteiger partial charge in [0.05, 0.1) is 0 Å². The van der Waals surface area contributed by atoms with E-state index in [1.807, 2.05) is 13.1 Å². The van der Waals surface area contributed by atoms with Gasteiger partial charge >= 0.3 is 0 Å². The fraction of sp³-hybridized carbons (Fsp3) is 0.833. The summed E-state index contributed by atoms with van der Waals surface area (Å²) in [6.45, 7) is 5.13. The Labute approximate surface area is 45.5 Å². The lowest BCUT2D eigenvalue weighted by Crippen LogP contribution is -1.73. The fourth-order valence-electron chi connectivity index (χ4n) is 0.349. The van der Waals surface area contributed by atoms with Crippen molar-refractivity contribution in [1.29, 1.82) is 0 Å². The predicted octanol–water partition coefficient (Wildman–Crippen LogP) is 1.88. The summed E-state index contributed by atoms with van der Waals surface area (Å²) in [5, 5.41) is 0. The summed E-state index contributed by atoms with van der Waals surface area (Å²) in [5.74, 6) is 0. The summed E-state index contributed by atoms with van der Waals surface area (Å²) in [6, 6.07) is 0. The molecule has 0 aliphatic rings. The average molecular weight is 99.2 g/mol. The highest BCUT2D eigenvalue weighted by atomic mass is 14.7. The lowest BCUT2D eigenvalue weighted by molar-refractivity contribution is 0.995. The Hall–Kier alpha value is -0.330. The topological polar surface area (TPSA) is 12.4 Å². The SMILES string of the molecule is CCC/C=N\CC. The summed E-state index contributed by atoms with van der Waals surface area (Å²) in [7, 11) is 0. The van der Waals surface area contributed by atoms with Crippen LogP contribution >= 0.6 is 0 Å². The molecule has 0 N–H and O–H groups in total. The maximum absolute atomic E-state index is 4.04. The van der Waals surface area contributed by atoms with Gasteiger partial charge in [0.1, 0.15) is 0 Å². The van der Waals surface area contributed by atoms with E-state index in [0.717, 1.165) is 13.0 Å². The third kappa shape index (κ3) is 5.67. The van der Waals surface area contributed by atoms with Crippen LogP contribution in [0.15, 0.2) is 4.99 Å². The summed E-state index contributed by atoms with van der Waals surface area (Å²) >= 11 is 0. The largest absolute Gasteiger partial charge is 0.298 e. The molecule has 1 heteroatoms. The Bertz CT molecular complexity index is 48.1. The van der Waals surface area contributed by atoms with Crippen LogP contribution in [0.5, 0.6) is 0 Å². The number of unbranched alkanes of at least 4 members (excludes halogenated alkanes) is 1. The Morgan fingerprint density at radius 3 is 2.57 bits per heavy atom. The van der Waals surface area contributed by atoms with Crippen LogP contribution in [0.3, 0.4) is 0 Å². The molecule has 0 aliphatic carbocycles. The first-order valence-electron chi connectivity index (χ1n) is 2.90. The molecule has 0 radical (unpaired) electrons. The Morgan fingerprint density at radius 1 is 1.43 bits per heavy atom. The number of hydrogen-bond acceptors (Lipinski definition) is 1. The van der Waals surface area contributed by atoms with Crippen molar-refractivity contribution in [2.45, 2.75) is 26.7 Å². The van der Waals surface area contributed by atoms with E-state index in [1.165, 1.54) is 6.42 Å². The highest BCUT2D eigenvalue weighted by Gasteiger charge is 1.68. The minimum Gasteiger partial charge on any atom is -0.298 e. The first kappa shape index (κ1) is 6.67. The van der Waals surface area contributed by atoms with Gasteiger partial charge in [0.2, 0.25) is 0 Å². The molecule has 0 spiro atoms. The molecule has 0 atom stereocenters. The molecular weight excluding hydrogens is 86.1 g/mol. The highest BCUT2D eigenvalue weighted by Crippen LogP contribution is 1.79. The smallest absolute Gasteiger partial charge is 0.0357 e. The second-order valence-corrected chi connectivity index (χ2v) is 1.47. The Kier molecular flexibility index (Phi) is 5.40. The van der Waals surface area contributed by atoms with E-state index in [-0.39, 0.29) is 0 Å². The number of nitrogens with zero attached hydrogens (tertiary/aromatic N) is 1. The zero-order valence-electron chi connectivity index (χ0n) is 5.15. The van der Waals surface area contributed by atoms with E-state index in [9.17, 15) is 0 Å². The minimum absolute atomic E-state index is 0.931. The van der Waals surface area contributed by atoms with Crippen molar-refractivity contribution in [3.63, 3.8) is 0 Å². The van der Waals surface area contributed by atoms with Gasteiger partial charge in [-0.2, -0.15) is 0 Å². The predicted molar refractivity (Wildman–Crippen MR) is 33.9 cm³/mol. The molecule has 42 valence electrons. The minimum atomic E-state index is 0.931. The summed E-state index contributed by atoms with van der Waals surface area (Å²) in [6.07, 6.45) is 4.33. The van der Waals surface area contributed by atoms with E-state index in [4.69, 9.17) is 0 Å². The van der Waals surface area contributed by atoms with Gasteiger partial charge in [-0.25, -0.2) is 0 Å². The first-order valence-corrected chi connectivity index (χ1v) is 2.90. The van der Waals surface area contributed by atoms with Crippen LogP contribution in [0.4, 0.5) is 0 Å². The van der Waals surface area contributed by atoms with Gasteiger partial charge in [-0.3, -0.25) is 4.99 Å². The van der Waals surface area contributed by atoms with E-state index in [2.05, 4.69) is 11.9 Å². The van der Waals surface area contributed by atoms with E-state index >= 15 is 0 Å². The van der Waals surface area contributed by atoms with Crippen molar-refractivity contribution < 1.29 is 0 Å². The molecule has 0 bridgehead atoms. The van der Waals surface area contributed by atoms with Crippen molar-refractivity contribution in [1.82, 2.24) is 0 Å². The number of aliphatic imine (C=N–C) groups is 1.